The second kappa shape index (κ2) is 10.0. The molecule has 0 bridgehead atoms. The maximum Gasteiger partial charge on any atom is 0.233 e. The average molecular weight is 498 g/mol. The number of carbonyl (C=O) groups is 1. The van der Waals surface area contributed by atoms with Crippen molar-refractivity contribution in [2.24, 2.45) is 11.8 Å². The molecule has 4 nitrogen and oxygen atoms in total. The van der Waals surface area contributed by atoms with Gasteiger partial charge in [-0.2, -0.15) is 0 Å². The number of hydrogen-bond acceptors (Lipinski definition) is 3. The third-order valence-corrected chi connectivity index (χ3v) is 7.03. The lowest BCUT2D eigenvalue weighted by molar-refractivity contribution is -0.133. The number of anilines is 1. The summed E-state index contributed by atoms with van der Waals surface area (Å²) in [5, 5.41) is 10.0. The topological polar surface area (TPSA) is 49.8 Å². The Morgan fingerprint density at radius 2 is 1.78 bits per heavy atom. The van der Waals surface area contributed by atoms with Gasteiger partial charge in [0.25, 0.3) is 0 Å². The fourth-order valence-electron chi connectivity index (χ4n) is 4.90. The molecule has 3 aromatic rings. The van der Waals surface area contributed by atoms with Crippen LogP contribution in [0.25, 0.3) is 0 Å². The van der Waals surface area contributed by atoms with Gasteiger partial charge in [-0.1, -0.05) is 19.1 Å². The summed E-state index contributed by atoms with van der Waals surface area (Å²) < 4.78 is 70.7. The first-order valence-electron chi connectivity index (χ1n) is 13.7. The lowest BCUT2D eigenvalue weighted by atomic mass is 9.71. The summed E-state index contributed by atoms with van der Waals surface area (Å²) in [6.07, 6.45) is -5.29. The van der Waals surface area contributed by atoms with Gasteiger partial charge >= 0.3 is 0 Å². The van der Waals surface area contributed by atoms with Crippen molar-refractivity contribution in [2.75, 3.05) is 12.0 Å². The largest absolute Gasteiger partial charge is 0.508 e. The molecule has 1 heterocycles. The summed E-state index contributed by atoms with van der Waals surface area (Å²) in [4.78, 5) is 15.3. The minimum atomic E-state index is -2.81. The van der Waals surface area contributed by atoms with Crippen LogP contribution in [0.15, 0.2) is 48.5 Å². The third-order valence-electron chi connectivity index (χ3n) is 7.03. The number of nitrogens with zero attached hydrogens (tertiary/aromatic N) is 1. The SMILES string of the molecule is [2H]C([2H])([C@]([2H])(OC)c1ccc(F)c(C)c1C)[C@]([2H])(C)[C@H]1C(=O)N(c2ccc(F)cc2C)[C@@H]1c1ccc(O)cc1C. The highest BCUT2D eigenvalue weighted by molar-refractivity contribution is 6.04. The van der Waals surface area contributed by atoms with Gasteiger partial charge in [-0.25, -0.2) is 8.78 Å². The molecule has 1 aliphatic rings. The van der Waals surface area contributed by atoms with Gasteiger partial charge in [0, 0.05) is 16.9 Å². The predicted octanol–water partition coefficient (Wildman–Crippen LogP) is 7.02. The lowest BCUT2D eigenvalue weighted by Crippen LogP contribution is -2.58. The van der Waals surface area contributed by atoms with E-state index >= 15 is 0 Å². The predicted molar refractivity (Wildman–Crippen MR) is 137 cm³/mol. The van der Waals surface area contributed by atoms with Crippen molar-refractivity contribution >= 4 is 11.6 Å². The lowest BCUT2D eigenvalue weighted by Gasteiger charge is -2.51. The van der Waals surface area contributed by atoms with E-state index in [1.54, 1.807) is 26.8 Å². The number of halogens is 2. The first-order valence-corrected chi connectivity index (χ1v) is 11.7. The molecular formula is C30H33F2NO3. The summed E-state index contributed by atoms with van der Waals surface area (Å²) >= 11 is 0. The number of ether oxygens (including phenoxy) is 1. The maximum absolute atomic E-state index is 14.3. The second-order valence-corrected chi connectivity index (χ2v) is 9.29. The monoisotopic (exact) mass is 497 g/mol. The van der Waals surface area contributed by atoms with E-state index in [1.165, 1.54) is 55.1 Å². The van der Waals surface area contributed by atoms with Gasteiger partial charge in [0.1, 0.15) is 17.4 Å². The van der Waals surface area contributed by atoms with Crippen molar-refractivity contribution in [2.45, 2.75) is 53.1 Å². The number of hydrogen-bond donors (Lipinski definition) is 1. The third kappa shape index (κ3) is 4.50. The molecule has 6 heteroatoms. The van der Waals surface area contributed by atoms with E-state index in [9.17, 15) is 24.2 Å². The molecule has 1 amide bonds. The van der Waals surface area contributed by atoms with Gasteiger partial charge in [0.05, 0.1) is 19.4 Å². The molecule has 0 aliphatic carbocycles. The van der Waals surface area contributed by atoms with Gasteiger partial charge in [-0.05, 0) is 110 Å². The van der Waals surface area contributed by atoms with Gasteiger partial charge < -0.3 is 14.7 Å². The Labute approximate surface area is 217 Å². The highest BCUT2D eigenvalue weighted by Gasteiger charge is 2.52. The van der Waals surface area contributed by atoms with E-state index in [0.29, 0.717) is 27.9 Å². The van der Waals surface area contributed by atoms with Gasteiger partial charge in [0.15, 0.2) is 0 Å². The van der Waals surface area contributed by atoms with Crippen LogP contribution in [-0.2, 0) is 9.53 Å². The summed E-state index contributed by atoms with van der Waals surface area (Å²) in [7, 11) is 1.15. The Balaban J connectivity index is 1.90. The van der Waals surface area contributed by atoms with Crippen LogP contribution in [0.3, 0.4) is 0 Å². The molecular weight excluding hydrogens is 460 g/mol. The summed E-state index contributed by atoms with van der Waals surface area (Å²) in [5.41, 5.74) is 2.65. The molecule has 0 radical (unpaired) electrons. The Hall–Kier alpha value is -3.25. The smallest absolute Gasteiger partial charge is 0.233 e. The van der Waals surface area contributed by atoms with Crippen LogP contribution in [0.2, 0.25) is 0 Å². The Kier molecular flexibility index (Phi) is 5.81. The molecule has 0 aromatic heterocycles. The Morgan fingerprint density at radius 1 is 1.06 bits per heavy atom. The Bertz CT molecular complexity index is 1500. The number of aryl methyl sites for hydroxylation is 2. The zero-order valence-electron chi connectivity index (χ0n) is 25.2. The molecule has 1 N–H and O–H groups in total. The van der Waals surface area contributed by atoms with E-state index in [4.69, 9.17) is 4.74 Å². The zero-order valence-corrected chi connectivity index (χ0v) is 21.2. The Morgan fingerprint density at radius 3 is 2.42 bits per heavy atom. The van der Waals surface area contributed by atoms with Crippen molar-refractivity contribution in [1.29, 1.82) is 0 Å². The molecule has 1 fully saturated rings. The van der Waals surface area contributed by atoms with Crippen LogP contribution in [-0.4, -0.2) is 18.1 Å². The molecule has 0 saturated carbocycles. The van der Waals surface area contributed by atoms with E-state index in [-0.39, 0.29) is 16.9 Å². The molecule has 36 heavy (non-hydrogen) atoms. The summed E-state index contributed by atoms with van der Waals surface area (Å²) in [6.45, 7) is 7.72. The number of benzene rings is 3. The van der Waals surface area contributed by atoms with Crippen LogP contribution in [0.5, 0.6) is 5.75 Å². The fourth-order valence-corrected chi connectivity index (χ4v) is 4.90. The van der Waals surface area contributed by atoms with E-state index in [1.807, 2.05) is 0 Å². The maximum atomic E-state index is 14.3. The van der Waals surface area contributed by atoms with Crippen LogP contribution in [0, 0.1) is 51.1 Å². The minimum absolute atomic E-state index is 0.00337. The van der Waals surface area contributed by atoms with E-state index < -0.39 is 47.8 Å². The van der Waals surface area contributed by atoms with Gasteiger partial charge in [-0.15, -0.1) is 0 Å². The van der Waals surface area contributed by atoms with Gasteiger partial charge in [-0.3, -0.25) is 4.79 Å². The van der Waals surface area contributed by atoms with E-state index in [0.717, 1.165) is 13.2 Å². The molecule has 4 atom stereocenters. The fraction of sp³-hybridized carbons (Fsp3) is 0.367. The van der Waals surface area contributed by atoms with Crippen LogP contribution >= 0.6 is 0 Å². The normalized spacial score (nSPS) is 23.0. The summed E-state index contributed by atoms with van der Waals surface area (Å²) in [6, 6.07) is 10.1. The first kappa shape index (κ1) is 20.9. The highest BCUT2D eigenvalue weighted by atomic mass is 19.1. The minimum Gasteiger partial charge on any atom is -0.508 e. The quantitative estimate of drug-likeness (QED) is 0.357. The van der Waals surface area contributed by atoms with Crippen LogP contribution in [0.1, 0.15) is 64.3 Å². The average Bonchev–Trinajstić information content (AvgIpc) is 2.87. The molecule has 1 aliphatic heterocycles. The first-order chi connectivity index (χ1) is 18.5. The number of methoxy groups -OCH3 is 1. The molecule has 1 saturated heterocycles. The number of aromatic hydroxyl groups is 1. The van der Waals surface area contributed by atoms with Crippen molar-refractivity contribution in [3.8, 4) is 5.75 Å². The second-order valence-electron chi connectivity index (χ2n) is 9.29. The van der Waals surface area contributed by atoms with Crippen LogP contribution < -0.4 is 4.90 Å². The zero-order chi connectivity index (χ0) is 29.9. The molecule has 190 valence electrons. The van der Waals surface area contributed by atoms with Crippen molar-refractivity contribution in [1.82, 2.24) is 0 Å². The van der Waals surface area contributed by atoms with Crippen molar-refractivity contribution < 1.29 is 28.9 Å². The molecule has 0 unspecified atom stereocenters. The highest BCUT2D eigenvalue weighted by Crippen LogP contribution is 2.50. The van der Waals surface area contributed by atoms with E-state index in [2.05, 4.69) is 0 Å². The number of phenolic OH excluding ortho intramolecular Hbond substituents is 1. The molecule has 0 spiro atoms. The number of phenols is 1. The number of β-lactam (4-membered cyclic amide) rings is 1. The van der Waals surface area contributed by atoms with Crippen LogP contribution in [0.4, 0.5) is 14.5 Å². The number of carbonyl (C=O) groups excluding carboxylic acids is 1. The summed E-state index contributed by atoms with van der Waals surface area (Å²) in [5.74, 6) is -5.11. The number of rotatable bonds is 7. The molecule has 3 aromatic carbocycles. The standard InChI is InChI=1S/C30H33F2NO3/c1-16-14-22(34)8-9-23(16)29-28(30(35)33(29)26-12-7-21(31)13-17(26)2)18(3)15-27(36-6)24-10-11-25(32)20(5)19(24)4/h7-14,18,27-29,34H,15H2,1-6H3/t18-,27-,28+,29+/m0/s1/i15D2,18D,27D. The molecule has 4 rings (SSSR count). The number of amides is 1. The van der Waals surface area contributed by atoms with Gasteiger partial charge in [0.2, 0.25) is 5.91 Å². The van der Waals surface area contributed by atoms with Crippen molar-refractivity contribution in [3.63, 3.8) is 0 Å². The van der Waals surface area contributed by atoms with Crippen molar-refractivity contribution in [3.05, 3.63) is 93.5 Å².